The summed E-state index contributed by atoms with van der Waals surface area (Å²) in [6.45, 7) is 4.05. The quantitative estimate of drug-likeness (QED) is 0.800. The number of carbonyl (C=O) groups is 1. The highest BCUT2D eigenvalue weighted by molar-refractivity contribution is 5.86. The Kier molecular flexibility index (Phi) is 4.81. The SMILES string of the molecule is CN(C)CC1CCN(C(=O)C2(N)CCOCC2)CC1. The molecule has 2 aliphatic rings. The van der Waals surface area contributed by atoms with Gasteiger partial charge in [0.25, 0.3) is 0 Å². The van der Waals surface area contributed by atoms with Crippen molar-refractivity contribution in [3.63, 3.8) is 0 Å². The van der Waals surface area contributed by atoms with Crippen LogP contribution < -0.4 is 5.73 Å². The highest BCUT2D eigenvalue weighted by atomic mass is 16.5. The summed E-state index contributed by atoms with van der Waals surface area (Å²) >= 11 is 0. The molecular formula is C14H27N3O2. The smallest absolute Gasteiger partial charge is 0.242 e. The molecule has 0 unspecified atom stereocenters. The van der Waals surface area contributed by atoms with Gasteiger partial charge in [-0.25, -0.2) is 0 Å². The number of nitrogens with two attached hydrogens (primary N) is 1. The zero-order chi connectivity index (χ0) is 13.9. The van der Waals surface area contributed by atoms with Crippen LogP contribution >= 0.6 is 0 Å². The number of nitrogens with zero attached hydrogens (tertiary/aromatic N) is 2. The van der Waals surface area contributed by atoms with Gasteiger partial charge in [0.2, 0.25) is 5.91 Å². The Bertz CT molecular complexity index is 306. The molecule has 2 heterocycles. The fourth-order valence-electron chi connectivity index (χ4n) is 3.10. The minimum absolute atomic E-state index is 0.138. The third-order valence-corrected chi connectivity index (χ3v) is 4.34. The lowest BCUT2D eigenvalue weighted by molar-refractivity contribution is -0.142. The van der Waals surface area contributed by atoms with Crippen molar-refractivity contribution in [1.29, 1.82) is 0 Å². The van der Waals surface area contributed by atoms with E-state index in [0.717, 1.165) is 32.5 Å². The second kappa shape index (κ2) is 6.20. The lowest BCUT2D eigenvalue weighted by atomic mass is 9.88. The molecule has 0 aromatic heterocycles. The van der Waals surface area contributed by atoms with E-state index in [1.165, 1.54) is 0 Å². The largest absolute Gasteiger partial charge is 0.381 e. The van der Waals surface area contributed by atoms with Gasteiger partial charge in [-0.1, -0.05) is 0 Å². The average Bonchev–Trinajstić information content (AvgIpc) is 2.39. The normalized spacial score (nSPS) is 24.7. The van der Waals surface area contributed by atoms with Crippen LogP contribution in [0.3, 0.4) is 0 Å². The van der Waals surface area contributed by atoms with E-state index in [-0.39, 0.29) is 5.91 Å². The lowest BCUT2D eigenvalue weighted by Gasteiger charge is -2.40. The van der Waals surface area contributed by atoms with Gasteiger partial charge in [0.1, 0.15) is 0 Å². The van der Waals surface area contributed by atoms with Crippen LogP contribution in [0.25, 0.3) is 0 Å². The molecule has 2 N–H and O–H groups in total. The molecule has 1 amide bonds. The van der Waals surface area contributed by atoms with Crippen LogP contribution in [0.5, 0.6) is 0 Å². The monoisotopic (exact) mass is 269 g/mol. The fourth-order valence-corrected chi connectivity index (χ4v) is 3.10. The van der Waals surface area contributed by atoms with Crippen LogP contribution in [-0.4, -0.2) is 68.2 Å². The number of carbonyl (C=O) groups excluding carboxylic acids is 1. The maximum atomic E-state index is 12.5. The van der Waals surface area contributed by atoms with Gasteiger partial charge in [0.15, 0.2) is 0 Å². The Hall–Kier alpha value is -0.650. The maximum Gasteiger partial charge on any atom is 0.242 e. The third-order valence-electron chi connectivity index (χ3n) is 4.34. The summed E-state index contributed by atoms with van der Waals surface area (Å²) in [4.78, 5) is 16.7. The van der Waals surface area contributed by atoms with E-state index in [4.69, 9.17) is 10.5 Å². The van der Waals surface area contributed by atoms with Crippen molar-refractivity contribution in [2.75, 3.05) is 46.9 Å². The Morgan fingerprint density at radius 3 is 2.42 bits per heavy atom. The summed E-state index contributed by atoms with van der Waals surface area (Å²) in [5, 5.41) is 0. The third kappa shape index (κ3) is 3.68. The van der Waals surface area contributed by atoms with Crippen LogP contribution in [0.1, 0.15) is 25.7 Å². The highest BCUT2D eigenvalue weighted by Gasteiger charge is 2.39. The lowest BCUT2D eigenvalue weighted by Crippen LogP contribution is -2.59. The molecule has 110 valence electrons. The van der Waals surface area contributed by atoms with Crippen molar-refractivity contribution in [3.8, 4) is 0 Å². The molecule has 5 nitrogen and oxygen atoms in total. The first kappa shape index (κ1) is 14.8. The van der Waals surface area contributed by atoms with Gasteiger partial charge in [-0.15, -0.1) is 0 Å². The van der Waals surface area contributed by atoms with Gasteiger partial charge in [0, 0.05) is 32.8 Å². The molecular weight excluding hydrogens is 242 g/mol. The molecule has 2 rings (SSSR count). The number of rotatable bonds is 3. The zero-order valence-corrected chi connectivity index (χ0v) is 12.2. The Balaban J connectivity index is 1.85. The number of amides is 1. The summed E-state index contributed by atoms with van der Waals surface area (Å²) in [5.41, 5.74) is 5.60. The first-order valence-electron chi connectivity index (χ1n) is 7.32. The van der Waals surface area contributed by atoms with E-state index in [2.05, 4.69) is 19.0 Å². The number of hydrogen-bond acceptors (Lipinski definition) is 4. The Morgan fingerprint density at radius 1 is 1.32 bits per heavy atom. The molecule has 0 radical (unpaired) electrons. The van der Waals surface area contributed by atoms with Gasteiger partial charge >= 0.3 is 0 Å². The van der Waals surface area contributed by atoms with Gasteiger partial charge in [0.05, 0.1) is 5.54 Å². The maximum absolute atomic E-state index is 12.5. The molecule has 0 aliphatic carbocycles. The van der Waals surface area contributed by atoms with Crippen LogP contribution in [0, 0.1) is 5.92 Å². The average molecular weight is 269 g/mol. The summed E-state index contributed by atoms with van der Waals surface area (Å²) in [6.07, 6.45) is 3.50. The van der Waals surface area contributed by atoms with Gasteiger partial charge in [-0.2, -0.15) is 0 Å². The minimum atomic E-state index is -0.674. The Morgan fingerprint density at radius 2 is 1.89 bits per heavy atom. The van der Waals surface area contributed by atoms with E-state index < -0.39 is 5.54 Å². The number of ether oxygens (including phenoxy) is 1. The molecule has 2 aliphatic heterocycles. The van der Waals surface area contributed by atoms with E-state index in [9.17, 15) is 4.79 Å². The predicted octanol–water partition coefficient (Wildman–Crippen LogP) is 0.295. The Labute approximate surface area is 116 Å². The summed E-state index contributed by atoms with van der Waals surface area (Å²) in [6, 6.07) is 0. The van der Waals surface area contributed by atoms with Crippen LogP contribution in [-0.2, 0) is 9.53 Å². The summed E-state index contributed by atoms with van der Waals surface area (Å²) in [5.74, 6) is 0.849. The first-order chi connectivity index (χ1) is 9.01. The zero-order valence-electron chi connectivity index (χ0n) is 12.2. The van der Waals surface area contributed by atoms with Gasteiger partial charge < -0.3 is 20.3 Å². The van der Waals surface area contributed by atoms with E-state index >= 15 is 0 Å². The highest BCUT2D eigenvalue weighted by Crippen LogP contribution is 2.24. The second-order valence-electron chi connectivity index (χ2n) is 6.27. The first-order valence-corrected chi connectivity index (χ1v) is 7.32. The van der Waals surface area contributed by atoms with Crippen molar-refractivity contribution in [1.82, 2.24) is 9.80 Å². The molecule has 0 bridgehead atoms. The molecule has 0 saturated carbocycles. The van der Waals surface area contributed by atoms with Crippen molar-refractivity contribution >= 4 is 5.91 Å². The van der Waals surface area contributed by atoms with Crippen LogP contribution in [0.4, 0.5) is 0 Å². The fraction of sp³-hybridized carbons (Fsp3) is 0.929. The summed E-state index contributed by atoms with van der Waals surface area (Å²) < 4.78 is 5.31. The second-order valence-corrected chi connectivity index (χ2v) is 6.27. The van der Waals surface area contributed by atoms with Crippen molar-refractivity contribution in [2.45, 2.75) is 31.2 Å². The molecule has 0 aromatic rings. The van der Waals surface area contributed by atoms with E-state index in [1.54, 1.807) is 0 Å². The summed E-state index contributed by atoms with van der Waals surface area (Å²) in [7, 11) is 4.21. The van der Waals surface area contributed by atoms with Crippen molar-refractivity contribution in [3.05, 3.63) is 0 Å². The molecule has 0 spiro atoms. The molecule has 0 aromatic carbocycles. The number of likely N-dealkylation sites (tertiary alicyclic amines) is 1. The van der Waals surface area contributed by atoms with Crippen LogP contribution in [0.2, 0.25) is 0 Å². The number of hydrogen-bond donors (Lipinski definition) is 1. The van der Waals surface area contributed by atoms with Crippen molar-refractivity contribution < 1.29 is 9.53 Å². The molecule has 5 heteroatoms. The van der Waals surface area contributed by atoms with Crippen LogP contribution in [0.15, 0.2) is 0 Å². The molecule has 19 heavy (non-hydrogen) atoms. The number of piperidine rings is 1. The predicted molar refractivity (Wildman–Crippen MR) is 74.8 cm³/mol. The van der Waals surface area contributed by atoms with E-state index in [0.29, 0.717) is 32.0 Å². The van der Waals surface area contributed by atoms with Gasteiger partial charge in [-0.05, 0) is 45.7 Å². The van der Waals surface area contributed by atoms with E-state index in [1.807, 2.05) is 4.90 Å². The topological polar surface area (TPSA) is 58.8 Å². The van der Waals surface area contributed by atoms with Gasteiger partial charge in [-0.3, -0.25) is 4.79 Å². The minimum Gasteiger partial charge on any atom is -0.381 e. The van der Waals surface area contributed by atoms with Crippen molar-refractivity contribution in [2.24, 2.45) is 11.7 Å². The molecule has 2 saturated heterocycles. The molecule has 2 fully saturated rings. The molecule has 0 atom stereocenters. The standard InChI is InChI=1S/C14H27N3O2/c1-16(2)11-12-3-7-17(8-4-12)13(18)14(15)5-9-19-10-6-14/h12H,3-11,15H2,1-2H3.